The first-order valence-corrected chi connectivity index (χ1v) is 7.35. The molecule has 18 heavy (non-hydrogen) atoms. The van der Waals surface area contributed by atoms with Crippen LogP contribution in [0.4, 0.5) is 5.69 Å². The summed E-state index contributed by atoms with van der Waals surface area (Å²) in [6.45, 7) is 0.767. The number of benzene rings is 1. The number of aliphatic hydroxyl groups excluding tert-OH is 1. The fraction of sp³-hybridized carbons (Fsp3) is 0.364. The highest BCUT2D eigenvalue weighted by Crippen LogP contribution is 2.21. The molecule has 0 aliphatic rings. The number of hydrogen-bond acceptors (Lipinski definition) is 4. The molecule has 1 amide bonds. The van der Waals surface area contributed by atoms with Crippen molar-refractivity contribution in [2.24, 2.45) is 0 Å². The SMILES string of the molecule is CC(C(=O)Nc1ccccc1Cl)S(=O)(=O)CCO. The minimum Gasteiger partial charge on any atom is -0.395 e. The van der Waals surface area contributed by atoms with Gasteiger partial charge in [0.1, 0.15) is 5.25 Å². The average Bonchev–Trinajstić information content (AvgIpc) is 2.31. The number of anilines is 1. The Kier molecular flexibility index (Phi) is 5.13. The van der Waals surface area contributed by atoms with Gasteiger partial charge in [-0.05, 0) is 19.1 Å². The first-order chi connectivity index (χ1) is 8.38. The van der Waals surface area contributed by atoms with E-state index in [9.17, 15) is 13.2 Å². The van der Waals surface area contributed by atoms with Crippen molar-refractivity contribution in [1.29, 1.82) is 0 Å². The number of amides is 1. The van der Waals surface area contributed by atoms with Crippen LogP contribution in [0.2, 0.25) is 5.02 Å². The maximum absolute atomic E-state index is 11.8. The Morgan fingerprint density at radius 1 is 1.44 bits per heavy atom. The van der Waals surface area contributed by atoms with Crippen molar-refractivity contribution in [2.45, 2.75) is 12.2 Å². The molecule has 0 aliphatic heterocycles. The van der Waals surface area contributed by atoms with Gasteiger partial charge in [0.2, 0.25) is 5.91 Å². The number of sulfone groups is 1. The highest BCUT2D eigenvalue weighted by atomic mass is 35.5. The predicted molar refractivity (Wildman–Crippen MR) is 70.4 cm³/mol. The lowest BCUT2D eigenvalue weighted by Gasteiger charge is -2.13. The van der Waals surface area contributed by atoms with Crippen molar-refractivity contribution < 1.29 is 18.3 Å². The summed E-state index contributed by atoms with van der Waals surface area (Å²) in [5.74, 6) is -1.11. The molecular formula is C11H14ClNO4S. The Labute approximate surface area is 111 Å². The summed E-state index contributed by atoms with van der Waals surface area (Å²) in [4.78, 5) is 11.8. The fourth-order valence-corrected chi connectivity index (χ4v) is 2.44. The fourth-order valence-electron chi connectivity index (χ4n) is 1.26. The Morgan fingerprint density at radius 3 is 2.61 bits per heavy atom. The molecule has 0 heterocycles. The minimum absolute atomic E-state index is 0.331. The summed E-state index contributed by atoms with van der Waals surface area (Å²) in [5, 5.41) is 10.2. The van der Waals surface area contributed by atoms with Crippen LogP contribution in [0.3, 0.4) is 0 Å². The van der Waals surface area contributed by atoms with Crippen LogP contribution in [0.5, 0.6) is 0 Å². The second-order valence-electron chi connectivity index (χ2n) is 3.70. The van der Waals surface area contributed by atoms with Crippen molar-refractivity contribution in [3.8, 4) is 0 Å². The molecule has 5 nitrogen and oxygen atoms in total. The van der Waals surface area contributed by atoms with E-state index >= 15 is 0 Å². The molecule has 0 saturated carbocycles. The number of carbonyl (C=O) groups excluding carboxylic acids is 1. The van der Waals surface area contributed by atoms with Crippen LogP contribution in [0.15, 0.2) is 24.3 Å². The summed E-state index contributed by atoms with van der Waals surface area (Å²) in [7, 11) is -3.65. The Hall–Kier alpha value is -1.11. The third-order valence-corrected chi connectivity index (χ3v) is 4.79. The van der Waals surface area contributed by atoms with Gasteiger partial charge in [0.05, 0.1) is 23.1 Å². The van der Waals surface area contributed by atoms with Gasteiger partial charge in [-0.1, -0.05) is 23.7 Å². The normalized spacial score (nSPS) is 13.1. The molecule has 1 unspecified atom stereocenters. The smallest absolute Gasteiger partial charge is 0.242 e. The van der Waals surface area contributed by atoms with Crippen LogP contribution in [0.1, 0.15) is 6.92 Å². The van der Waals surface area contributed by atoms with Crippen molar-refractivity contribution in [3.63, 3.8) is 0 Å². The van der Waals surface area contributed by atoms with Crippen LogP contribution in [0, 0.1) is 0 Å². The van der Waals surface area contributed by atoms with E-state index in [4.69, 9.17) is 16.7 Å². The molecule has 1 aromatic carbocycles. The zero-order chi connectivity index (χ0) is 13.8. The van der Waals surface area contributed by atoms with E-state index < -0.39 is 33.4 Å². The minimum atomic E-state index is -3.65. The number of aliphatic hydroxyl groups is 1. The lowest BCUT2D eigenvalue weighted by Crippen LogP contribution is -2.34. The number of halogens is 1. The van der Waals surface area contributed by atoms with Crippen molar-refractivity contribution in [2.75, 3.05) is 17.7 Å². The van der Waals surface area contributed by atoms with E-state index in [1.54, 1.807) is 24.3 Å². The topological polar surface area (TPSA) is 83.5 Å². The average molecular weight is 292 g/mol. The van der Waals surface area contributed by atoms with Crippen LogP contribution in [0.25, 0.3) is 0 Å². The van der Waals surface area contributed by atoms with Gasteiger partial charge in [0, 0.05) is 0 Å². The molecular weight excluding hydrogens is 278 g/mol. The molecule has 0 aliphatic carbocycles. The van der Waals surface area contributed by atoms with Crippen molar-refractivity contribution in [3.05, 3.63) is 29.3 Å². The monoisotopic (exact) mass is 291 g/mol. The highest BCUT2D eigenvalue weighted by molar-refractivity contribution is 7.92. The number of para-hydroxylation sites is 1. The number of hydrogen-bond donors (Lipinski definition) is 2. The molecule has 0 fully saturated rings. The van der Waals surface area contributed by atoms with Gasteiger partial charge in [-0.15, -0.1) is 0 Å². The molecule has 0 radical (unpaired) electrons. The van der Waals surface area contributed by atoms with Crippen LogP contribution < -0.4 is 5.32 Å². The van der Waals surface area contributed by atoms with Crippen LogP contribution in [-0.2, 0) is 14.6 Å². The van der Waals surface area contributed by atoms with E-state index in [0.717, 1.165) is 0 Å². The van der Waals surface area contributed by atoms with Gasteiger partial charge in [-0.25, -0.2) is 8.42 Å². The number of nitrogens with one attached hydrogen (secondary N) is 1. The third kappa shape index (κ3) is 3.69. The maximum Gasteiger partial charge on any atom is 0.242 e. The summed E-state index contributed by atoms with van der Waals surface area (Å²) < 4.78 is 23.2. The van der Waals surface area contributed by atoms with Crippen LogP contribution >= 0.6 is 11.6 Å². The lowest BCUT2D eigenvalue weighted by atomic mass is 10.3. The largest absolute Gasteiger partial charge is 0.395 e. The molecule has 1 aromatic rings. The van der Waals surface area contributed by atoms with Crippen LogP contribution in [-0.4, -0.2) is 37.0 Å². The van der Waals surface area contributed by atoms with E-state index in [-0.39, 0.29) is 0 Å². The van der Waals surface area contributed by atoms with Gasteiger partial charge in [-0.3, -0.25) is 4.79 Å². The summed E-state index contributed by atoms with van der Waals surface area (Å²) in [6.07, 6.45) is 0. The lowest BCUT2D eigenvalue weighted by molar-refractivity contribution is -0.115. The third-order valence-electron chi connectivity index (χ3n) is 2.42. The van der Waals surface area contributed by atoms with Crippen molar-refractivity contribution in [1.82, 2.24) is 0 Å². The zero-order valence-corrected chi connectivity index (χ0v) is 11.3. The highest BCUT2D eigenvalue weighted by Gasteiger charge is 2.27. The second kappa shape index (κ2) is 6.17. The van der Waals surface area contributed by atoms with Gasteiger partial charge in [-0.2, -0.15) is 0 Å². The molecule has 1 atom stereocenters. The summed E-state index contributed by atoms with van der Waals surface area (Å²) in [5.41, 5.74) is 0.357. The Bertz CT molecular complexity index is 530. The predicted octanol–water partition coefficient (Wildman–Crippen LogP) is 1.07. The van der Waals surface area contributed by atoms with Gasteiger partial charge < -0.3 is 10.4 Å². The van der Waals surface area contributed by atoms with E-state index in [0.29, 0.717) is 10.7 Å². The second-order valence-corrected chi connectivity index (χ2v) is 6.55. The summed E-state index contributed by atoms with van der Waals surface area (Å²) in [6, 6.07) is 6.54. The summed E-state index contributed by atoms with van der Waals surface area (Å²) >= 11 is 5.84. The Balaban J connectivity index is 2.81. The number of carbonyl (C=O) groups is 1. The molecule has 1 rings (SSSR count). The molecule has 2 N–H and O–H groups in total. The molecule has 0 saturated heterocycles. The Morgan fingerprint density at radius 2 is 2.06 bits per heavy atom. The van der Waals surface area contributed by atoms with E-state index in [2.05, 4.69) is 5.32 Å². The van der Waals surface area contributed by atoms with Crippen molar-refractivity contribution >= 4 is 33.0 Å². The molecule has 0 bridgehead atoms. The molecule has 0 spiro atoms. The van der Waals surface area contributed by atoms with E-state index in [1.807, 2.05) is 0 Å². The van der Waals surface area contributed by atoms with E-state index in [1.165, 1.54) is 6.92 Å². The first-order valence-electron chi connectivity index (χ1n) is 5.26. The first kappa shape index (κ1) is 14.9. The quantitative estimate of drug-likeness (QED) is 0.850. The van der Waals surface area contributed by atoms with Gasteiger partial charge >= 0.3 is 0 Å². The molecule has 100 valence electrons. The standard InChI is InChI=1S/C11H14ClNO4S/c1-8(18(16,17)7-6-14)11(15)13-10-5-3-2-4-9(10)12/h2-5,8,14H,6-7H2,1H3,(H,13,15). The maximum atomic E-state index is 11.8. The number of rotatable bonds is 5. The molecule has 7 heteroatoms. The van der Waals surface area contributed by atoms with Gasteiger partial charge in [0.15, 0.2) is 9.84 Å². The van der Waals surface area contributed by atoms with Gasteiger partial charge in [0.25, 0.3) is 0 Å². The zero-order valence-electron chi connectivity index (χ0n) is 9.76. The molecule has 0 aromatic heterocycles.